The highest BCUT2D eigenvalue weighted by atomic mass is 19.4. The lowest BCUT2D eigenvalue weighted by molar-refractivity contribution is -0.137. The first-order valence-electron chi connectivity index (χ1n) is 5.76. The van der Waals surface area contributed by atoms with Crippen LogP contribution in [0.5, 0.6) is 0 Å². The average Bonchev–Trinajstić information content (AvgIpc) is 2.45. The summed E-state index contributed by atoms with van der Waals surface area (Å²) in [6.45, 7) is 0. The molecule has 0 spiro atoms. The minimum Gasteiger partial charge on any atom is -0.289 e. The number of halogens is 3. The molecule has 0 bridgehead atoms. The third-order valence-corrected chi connectivity index (χ3v) is 2.59. The van der Waals surface area contributed by atoms with E-state index in [0.717, 1.165) is 12.1 Å². The van der Waals surface area contributed by atoms with Crippen molar-refractivity contribution in [1.82, 2.24) is 4.98 Å². The quantitative estimate of drug-likeness (QED) is 0.627. The van der Waals surface area contributed by atoms with Crippen molar-refractivity contribution in [3.63, 3.8) is 0 Å². The first-order valence-corrected chi connectivity index (χ1v) is 5.76. The molecule has 0 saturated heterocycles. The number of hydrogen-bond acceptors (Lipinski definition) is 2. The van der Waals surface area contributed by atoms with Crippen LogP contribution >= 0.6 is 0 Å². The molecule has 0 aliphatic heterocycles. The molecule has 0 aliphatic rings. The third-order valence-electron chi connectivity index (χ3n) is 2.59. The van der Waals surface area contributed by atoms with Gasteiger partial charge in [0.25, 0.3) is 0 Å². The Morgan fingerprint density at radius 3 is 2.60 bits per heavy atom. The summed E-state index contributed by atoms with van der Waals surface area (Å²) in [5, 5.41) is 0. The fourth-order valence-electron chi connectivity index (χ4n) is 1.60. The zero-order valence-corrected chi connectivity index (χ0v) is 10.3. The lowest BCUT2D eigenvalue weighted by Gasteiger charge is -2.06. The van der Waals surface area contributed by atoms with Crippen molar-refractivity contribution in [2.45, 2.75) is 6.18 Å². The number of carbonyl (C=O) groups is 1. The van der Waals surface area contributed by atoms with Crippen molar-refractivity contribution in [2.75, 3.05) is 0 Å². The van der Waals surface area contributed by atoms with Crippen LogP contribution in [0.25, 0.3) is 6.08 Å². The van der Waals surface area contributed by atoms with E-state index in [4.69, 9.17) is 0 Å². The molecule has 0 atom stereocenters. The van der Waals surface area contributed by atoms with Crippen LogP contribution in [0.15, 0.2) is 54.9 Å². The molecule has 5 heteroatoms. The highest BCUT2D eigenvalue weighted by Gasteiger charge is 2.30. The van der Waals surface area contributed by atoms with Crippen LogP contribution in [-0.2, 0) is 6.18 Å². The van der Waals surface area contributed by atoms with Crippen LogP contribution in [0.1, 0.15) is 21.5 Å². The minimum atomic E-state index is -4.39. The second-order valence-electron chi connectivity index (χ2n) is 4.06. The average molecular weight is 277 g/mol. The highest BCUT2D eigenvalue weighted by Crippen LogP contribution is 2.29. The molecule has 2 nitrogen and oxygen atoms in total. The molecule has 0 radical (unpaired) electrons. The lowest BCUT2D eigenvalue weighted by Crippen LogP contribution is -2.04. The van der Waals surface area contributed by atoms with E-state index in [2.05, 4.69) is 4.98 Å². The standard InChI is InChI=1S/C15H10F3NO/c16-15(17,18)13-5-1-3-11(9-13)6-7-14(20)12-4-2-8-19-10-12/h1-10H. The van der Waals surface area contributed by atoms with Crippen molar-refractivity contribution in [3.05, 3.63) is 71.6 Å². The zero-order chi connectivity index (χ0) is 14.6. The Morgan fingerprint density at radius 2 is 1.95 bits per heavy atom. The Labute approximate surface area is 113 Å². The maximum absolute atomic E-state index is 12.5. The highest BCUT2D eigenvalue weighted by molar-refractivity contribution is 6.06. The summed E-state index contributed by atoms with van der Waals surface area (Å²) >= 11 is 0. The second-order valence-corrected chi connectivity index (χ2v) is 4.06. The van der Waals surface area contributed by atoms with Crippen LogP contribution < -0.4 is 0 Å². The molecule has 1 heterocycles. The molecule has 2 rings (SSSR count). The summed E-state index contributed by atoms with van der Waals surface area (Å²) in [6, 6.07) is 7.99. The fourth-order valence-corrected chi connectivity index (χ4v) is 1.60. The van der Waals surface area contributed by atoms with E-state index in [1.54, 1.807) is 12.1 Å². The normalized spacial score (nSPS) is 11.8. The van der Waals surface area contributed by atoms with E-state index in [0.29, 0.717) is 11.1 Å². The summed E-state index contributed by atoms with van der Waals surface area (Å²) in [4.78, 5) is 15.6. The number of benzene rings is 1. The number of hydrogen-bond donors (Lipinski definition) is 0. The van der Waals surface area contributed by atoms with Gasteiger partial charge in [0, 0.05) is 18.0 Å². The Morgan fingerprint density at radius 1 is 1.15 bits per heavy atom. The number of allylic oxidation sites excluding steroid dienone is 1. The van der Waals surface area contributed by atoms with Gasteiger partial charge in [-0.25, -0.2) is 0 Å². The predicted molar refractivity (Wildman–Crippen MR) is 69.0 cm³/mol. The smallest absolute Gasteiger partial charge is 0.289 e. The second kappa shape index (κ2) is 5.69. The first-order chi connectivity index (χ1) is 9.47. The van der Waals surface area contributed by atoms with Crippen LogP contribution in [0.4, 0.5) is 13.2 Å². The number of aromatic nitrogens is 1. The van der Waals surface area contributed by atoms with Gasteiger partial charge in [-0.3, -0.25) is 9.78 Å². The molecule has 0 fully saturated rings. The van der Waals surface area contributed by atoms with Gasteiger partial charge in [-0.1, -0.05) is 18.2 Å². The SMILES string of the molecule is O=C(C=Cc1cccc(C(F)(F)F)c1)c1cccnc1. The van der Waals surface area contributed by atoms with E-state index < -0.39 is 11.7 Å². The van der Waals surface area contributed by atoms with Gasteiger partial charge < -0.3 is 0 Å². The van der Waals surface area contributed by atoms with Crippen LogP contribution in [0.2, 0.25) is 0 Å². The largest absolute Gasteiger partial charge is 0.416 e. The van der Waals surface area contributed by atoms with E-state index in [9.17, 15) is 18.0 Å². The minimum absolute atomic E-state index is 0.310. The monoisotopic (exact) mass is 277 g/mol. The molecule has 1 aromatic heterocycles. The summed E-state index contributed by atoms with van der Waals surface area (Å²) in [6.07, 6.45) is 1.13. The molecule has 2 aromatic rings. The molecule has 0 unspecified atom stereocenters. The summed E-state index contributed by atoms with van der Waals surface area (Å²) in [5.74, 6) is -0.310. The Bertz CT molecular complexity index is 633. The third kappa shape index (κ3) is 3.54. The molecule has 102 valence electrons. The Kier molecular flexibility index (Phi) is 3.98. The van der Waals surface area contributed by atoms with Crippen molar-refractivity contribution in [1.29, 1.82) is 0 Å². The summed E-state index contributed by atoms with van der Waals surface area (Å²) < 4.78 is 37.6. The summed E-state index contributed by atoms with van der Waals surface area (Å²) in [5.41, 5.74) is -0.0405. The Balaban J connectivity index is 2.18. The number of nitrogens with zero attached hydrogens (tertiary/aromatic N) is 1. The van der Waals surface area contributed by atoms with Crippen LogP contribution in [-0.4, -0.2) is 10.8 Å². The van der Waals surface area contributed by atoms with Gasteiger partial charge in [0.15, 0.2) is 5.78 Å². The van der Waals surface area contributed by atoms with Crippen molar-refractivity contribution in [3.8, 4) is 0 Å². The molecule has 0 saturated carbocycles. The molecule has 0 aliphatic carbocycles. The predicted octanol–water partition coefficient (Wildman–Crippen LogP) is 4.00. The van der Waals surface area contributed by atoms with Crippen molar-refractivity contribution < 1.29 is 18.0 Å². The van der Waals surface area contributed by atoms with E-state index in [1.807, 2.05) is 0 Å². The number of alkyl halides is 3. The van der Waals surface area contributed by atoms with Crippen LogP contribution in [0, 0.1) is 0 Å². The molecule has 0 N–H and O–H groups in total. The van der Waals surface area contributed by atoms with Crippen molar-refractivity contribution in [2.24, 2.45) is 0 Å². The van der Waals surface area contributed by atoms with E-state index in [1.165, 1.54) is 36.7 Å². The van der Waals surface area contributed by atoms with Gasteiger partial charge >= 0.3 is 6.18 Å². The number of carbonyl (C=O) groups excluding carboxylic acids is 1. The lowest BCUT2D eigenvalue weighted by atomic mass is 10.1. The first kappa shape index (κ1) is 14.0. The van der Waals surface area contributed by atoms with Gasteiger partial charge in [0.1, 0.15) is 0 Å². The maximum Gasteiger partial charge on any atom is 0.416 e. The van der Waals surface area contributed by atoms with E-state index >= 15 is 0 Å². The number of pyridine rings is 1. The Hall–Kier alpha value is -2.43. The van der Waals surface area contributed by atoms with Gasteiger partial charge in [0.2, 0.25) is 0 Å². The van der Waals surface area contributed by atoms with Crippen molar-refractivity contribution >= 4 is 11.9 Å². The van der Waals surface area contributed by atoms with Gasteiger partial charge in [-0.2, -0.15) is 13.2 Å². The molecule has 1 aromatic carbocycles. The van der Waals surface area contributed by atoms with Gasteiger partial charge in [0.05, 0.1) is 5.56 Å². The maximum atomic E-state index is 12.5. The number of rotatable bonds is 3. The van der Waals surface area contributed by atoms with Crippen LogP contribution in [0.3, 0.4) is 0 Å². The van der Waals surface area contributed by atoms with E-state index in [-0.39, 0.29) is 5.78 Å². The topological polar surface area (TPSA) is 30.0 Å². The molecule has 20 heavy (non-hydrogen) atoms. The van der Waals surface area contributed by atoms with Gasteiger partial charge in [-0.15, -0.1) is 0 Å². The molecule has 0 amide bonds. The van der Waals surface area contributed by atoms with Gasteiger partial charge in [-0.05, 0) is 35.9 Å². The molecular weight excluding hydrogens is 267 g/mol. The molecular formula is C15H10F3NO. The fraction of sp³-hybridized carbons (Fsp3) is 0.0667. The zero-order valence-electron chi connectivity index (χ0n) is 10.3. The summed E-state index contributed by atoms with van der Waals surface area (Å²) in [7, 11) is 0. The number of ketones is 1.